The number of allylic oxidation sites excluding steroid dienone is 1. The highest BCUT2D eigenvalue weighted by Gasteiger charge is 2.16. The predicted octanol–water partition coefficient (Wildman–Crippen LogP) is 4.08. The average Bonchev–Trinajstić information content (AvgIpc) is 2.71. The molecule has 5 heteroatoms. The first kappa shape index (κ1) is 21.7. The van der Waals surface area contributed by atoms with Crippen molar-refractivity contribution in [1.82, 2.24) is 0 Å². The Morgan fingerprint density at radius 3 is 2.68 bits per heavy atom. The van der Waals surface area contributed by atoms with Gasteiger partial charge in [-0.15, -0.1) is 5.92 Å². The molecule has 2 atom stereocenters. The molecule has 1 aliphatic rings. The molecule has 2 unspecified atom stereocenters. The average molecular weight is 383 g/mol. The van der Waals surface area contributed by atoms with Crippen LogP contribution in [0.3, 0.4) is 0 Å². The van der Waals surface area contributed by atoms with Crippen LogP contribution < -0.4 is 10.6 Å². The van der Waals surface area contributed by atoms with E-state index in [0.29, 0.717) is 18.9 Å². The molecule has 0 radical (unpaired) electrons. The van der Waals surface area contributed by atoms with Crippen molar-refractivity contribution in [1.29, 1.82) is 0 Å². The van der Waals surface area contributed by atoms with Crippen LogP contribution in [0.15, 0.2) is 35.9 Å². The fraction of sp³-hybridized carbons (Fsp3) is 0.478. The zero-order valence-corrected chi connectivity index (χ0v) is 16.7. The molecule has 28 heavy (non-hydrogen) atoms. The topological polar surface area (TPSA) is 78.6 Å². The molecule has 0 amide bonds. The van der Waals surface area contributed by atoms with Crippen LogP contribution >= 0.6 is 0 Å². The van der Waals surface area contributed by atoms with E-state index in [2.05, 4.69) is 22.8 Å². The molecule has 0 heterocycles. The van der Waals surface area contributed by atoms with Gasteiger partial charge < -0.3 is 14.4 Å². The van der Waals surface area contributed by atoms with Gasteiger partial charge in [-0.25, -0.2) is 0 Å². The summed E-state index contributed by atoms with van der Waals surface area (Å²) in [7, 11) is 0. The number of ether oxygens (including phenoxy) is 1. The minimum absolute atomic E-state index is 0.117. The van der Waals surface area contributed by atoms with E-state index in [1.165, 1.54) is 5.57 Å². The molecule has 0 spiro atoms. The Bertz CT molecular complexity index is 755. The van der Waals surface area contributed by atoms with Gasteiger partial charge in [-0.1, -0.05) is 24.1 Å². The molecule has 1 aromatic rings. The van der Waals surface area contributed by atoms with Crippen molar-refractivity contribution in [3.8, 4) is 17.6 Å². The summed E-state index contributed by atoms with van der Waals surface area (Å²) >= 11 is 0. The number of carbonyl (C=O) groups excluding carboxylic acids is 2. The highest BCUT2D eigenvalue weighted by Crippen LogP contribution is 2.27. The smallest absolute Gasteiger partial charge is 0.326 e. The second-order valence-electron chi connectivity index (χ2n) is 7.22. The zero-order valence-electron chi connectivity index (χ0n) is 16.7. The largest absolute Gasteiger partial charge is 0.489 e. The van der Waals surface area contributed by atoms with Crippen molar-refractivity contribution in [3.05, 3.63) is 41.5 Å². The van der Waals surface area contributed by atoms with E-state index < -0.39 is 5.97 Å². The lowest BCUT2D eigenvalue weighted by Crippen LogP contribution is -2.13. The molecule has 0 saturated carbocycles. The number of benzene rings is 1. The Morgan fingerprint density at radius 2 is 2.04 bits per heavy atom. The normalized spacial score (nSPS) is 17.0. The highest BCUT2D eigenvalue weighted by molar-refractivity contribution is 5.75. The highest BCUT2D eigenvalue weighted by atomic mass is 16.7. The van der Waals surface area contributed by atoms with Crippen LogP contribution in [0.25, 0.3) is 0 Å². The van der Waals surface area contributed by atoms with E-state index in [-0.39, 0.29) is 18.1 Å². The Morgan fingerprint density at radius 1 is 1.29 bits per heavy atom. The van der Waals surface area contributed by atoms with Crippen LogP contribution in [0.5, 0.6) is 5.75 Å². The molecule has 0 bridgehead atoms. The van der Waals surface area contributed by atoms with Crippen LogP contribution in [0, 0.1) is 17.8 Å². The maximum absolute atomic E-state index is 11.5. The Hall–Kier alpha value is -2.58. The zero-order chi connectivity index (χ0) is 20.4. The van der Waals surface area contributed by atoms with Crippen molar-refractivity contribution in [3.63, 3.8) is 0 Å². The summed E-state index contributed by atoms with van der Waals surface area (Å²) in [5, 5.41) is 0. The van der Waals surface area contributed by atoms with Crippen molar-refractivity contribution >= 4 is 11.8 Å². The molecule has 5 nitrogen and oxygen atoms in total. The van der Waals surface area contributed by atoms with E-state index in [1.54, 1.807) is 13.8 Å². The summed E-state index contributed by atoms with van der Waals surface area (Å²) in [5.74, 6) is 11.6. The fourth-order valence-corrected chi connectivity index (χ4v) is 3.44. The number of nitrogens with two attached hydrogens (primary N) is 1. The maximum Gasteiger partial charge on any atom is 0.326 e. The standard InChI is InChI=1S/C23H29NO4/c1-3-5-21(15-23(26)28-24)20-10-12-22(13-11-20)27-16-19-7-4-6-18(14-19)9-8-17(2)25/h10-14,18,21H,4,6-9,15-16,24H2,1-2H3. The molecule has 2 rings (SSSR count). The lowest BCUT2D eigenvalue weighted by Gasteiger charge is -2.21. The van der Waals surface area contributed by atoms with E-state index in [0.717, 1.165) is 37.0 Å². The molecule has 0 aromatic heterocycles. The molecule has 150 valence electrons. The van der Waals surface area contributed by atoms with Gasteiger partial charge in [0.2, 0.25) is 0 Å². The van der Waals surface area contributed by atoms with Gasteiger partial charge in [-0.05, 0) is 68.7 Å². The summed E-state index contributed by atoms with van der Waals surface area (Å²) in [6.07, 6.45) is 7.32. The lowest BCUT2D eigenvalue weighted by molar-refractivity contribution is -0.144. The first-order valence-electron chi connectivity index (χ1n) is 9.75. The van der Waals surface area contributed by atoms with Gasteiger partial charge in [-0.2, -0.15) is 5.90 Å². The number of rotatable bonds is 9. The van der Waals surface area contributed by atoms with Crippen molar-refractivity contribution < 1.29 is 19.2 Å². The molecule has 2 N–H and O–H groups in total. The van der Waals surface area contributed by atoms with Gasteiger partial charge in [0, 0.05) is 6.42 Å². The number of Topliss-reactive ketones (excluding diaryl/α,β-unsaturated/α-hetero) is 1. The second kappa shape index (κ2) is 11.3. The fourth-order valence-electron chi connectivity index (χ4n) is 3.44. The van der Waals surface area contributed by atoms with Crippen LogP contribution in [-0.2, 0) is 14.4 Å². The van der Waals surface area contributed by atoms with Gasteiger partial charge in [0.25, 0.3) is 0 Å². The van der Waals surface area contributed by atoms with Crippen LogP contribution in [0.1, 0.15) is 63.9 Å². The number of carbonyl (C=O) groups is 2. The quantitative estimate of drug-likeness (QED) is 0.395. The number of ketones is 1. The minimum Gasteiger partial charge on any atom is -0.489 e. The Labute approximate surface area is 167 Å². The third kappa shape index (κ3) is 7.21. The predicted molar refractivity (Wildman–Crippen MR) is 108 cm³/mol. The minimum atomic E-state index is -0.489. The van der Waals surface area contributed by atoms with E-state index in [4.69, 9.17) is 10.6 Å². The molecule has 1 aliphatic carbocycles. The summed E-state index contributed by atoms with van der Waals surface area (Å²) in [6, 6.07) is 7.62. The van der Waals surface area contributed by atoms with Gasteiger partial charge in [0.1, 0.15) is 18.1 Å². The van der Waals surface area contributed by atoms with Gasteiger partial charge >= 0.3 is 5.97 Å². The van der Waals surface area contributed by atoms with E-state index in [9.17, 15) is 9.59 Å². The summed E-state index contributed by atoms with van der Waals surface area (Å²) < 4.78 is 5.93. The maximum atomic E-state index is 11.5. The van der Waals surface area contributed by atoms with Crippen molar-refractivity contribution in [2.24, 2.45) is 11.8 Å². The van der Waals surface area contributed by atoms with Crippen LogP contribution in [0.2, 0.25) is 0 Å². The van der Waals surface area contributed by atoms with E-state index in [1.807, 2.05) is 24.3 Å². The molecular formula is C23H29NO4. The summed E-state index contributed by atoms with van der Waals surface area (Å²) in [4.78, 5) is 26.9. The van der Waals surface area contributed by atoms with Crippen molar-refractivity contribution in [2.45, 2.75) is 58.3 Å². The van der Waals surface area contributed by atoms with Gasteiger partial charge in [0.15, 0.2) is 0 Å². The van der Waals surface area contributed by atoms with Gasteiger partial charge in [0.05, 0.1) is 12.3 Å². The molecule has 0 fully saturated rings. The van der Waals surface area contributed by atoms with Crippen LogP contribution in [0.4, 0.5) is 0 Å². The number of hydrogen-bond acceptors (Lipinski definition) is 5. The Kier molecular flexibility index (Phi) is 8.77. The number of hydrogen-bond donors (Lipinski definition) is 1. The first-order valence-corrected chi connectivity index (χ1v) is 9.75. The van der Waals surface area contributed by atoms with Crippen molar-refractivity contribution in [2.75, 3.05) is 6.61 Å². The monoisotopic (exact) mass is 383 g/mol. The summed E-state index contributed by atoms with van der Waals surface area (Å²) in [5.41, 5.74) is 2.22. The molecular weight excluding hydrogens is 354 g/mol. The molecule has 0 aliphatic heterocycles. The third-order valence-electron chi connectivity index (χ3n) is 4.94. The van der Waals surface area contributed by atoms with Gasteiger partial charge in [-0.3, -0.25) is 4.79 Å². The van der Waals surface area contributed by atoms with E-state index >= 15 is 0 Å². The summed E-state index contributed by atoms with van der Waals surface area (Å²) in [6.45, 7) is 3.95. The second-order valence-corrected chi connectivity index (χ2v) is 7.22. The molecule has 1 aromatic carbocycles. The SMILES string of the molecule is CC#CC(CC(=O)ON)c1ccc(OCC2=CC(CCC(C)=O)CCC2)cc1. The first-order chi connectivity index (χ1) is 13.5. The van der Waals surface area contributed by atoms with Crippen LogP contribution in [-0.4, -0.2) is 18.4 Å². The lowest BCUT2D eigenvalue weighted by atomic mass is 9.87. The molecule has 0 saturated heterocycles. The third-order valence-corrected chi connectivity index (χ3v) is 4.94. The Balaban J connectivity index is 1.93.